The first-order chi connectivity index (χ1) is 8.11. The van der Waals surface area contributed by atoms with Crippen LogP contribution in [0, 0.1) is 0 Å². The highest BCUT2D eigenvalue weighted by atomic mass is 16.5. The van der Waals surface area contributed by atoms with Gasteiger partial charge in [0.15, 0.2) is 0 Å². The molecule has 0 unspecified atom stereocenters. The second-order valence-electron chi connectivity index (χ2n) is 3.85. The zero-order valence-electron chi connectivity index (χ0n) is 10.5. The summed E-state index contributed by atoms with van der Waals surface area (Å²) in [5, 5.41) is 2.99. The molecule has 0 radical (unpaired) electrons. The average molecular weight is 237 g/mol. The van der Waals surface area contributed by atoms with Crippen LogP contribution < -0.4 is 10.1 Å². The van der Waals surface area contributed by atoms with Crippen LogP contribution in [0.2, 0.25) is 0 Å². The van der Waals surface area contributed by atoms with Gasteiger partial charge in [0.05, 0.1) is 12.7 Å². The van der Waals surface area contributed by atoms with Crippen molar-refractivity contribution in [2.24, 2.45) is 0 Å². The molecule has 1 aromatic rings. The summed E-state index contributed by atoms with van der Waals surface area (Å²) in [6, 6.07) is 7.46. The molecule has 1 N–H and O–H groups in total. The lowest BCUT2D eigenvalue weighted by molar-refractivity contribution is -0.145. The Morgan fingerprint density at radius 1 is 1.29 bits per heavy atom. The van der Waals surface area contributed by atoms with Gasteiger partial charge in [-0.15, -0.1) is 0 Å². The predicted octanol–water partition coefficient (Wildman–Crippen LogP) is 2.45. The van der Waals surface area contributed by atoms with E-state index in [2.05, 4.69) is 5.32 Å². The maximum atomic E-state index is 11.3. The molecule has 0 fully saturated rings. The van der Waals surface area contributed by atoms with E-state index in [0.29, 0.717) is 6.61 Å². The number of hydrogen-bond donors (Lipinski definition) is 1. The fourth-order valence-electron chi connectivity index (χ4n) is 1.31. The summed E-state index contributed by atoms with van der Waals surface area (Å²) in [6.45, 7) is 6.41. The molecule has 0 atom stereocenters. The molecule has 94 valence electrons. The lowest BCUT2D eigenvalue weighted by atomic mass is 10.3. The first kappa shape index (κ1) is 13.4. The lowest BCUT2D eigenvalue weighted by Crippen LogP contribution is -2.20. The van der Waals surface area contributed by atoms with E-state index in [-0.39, 0.29) is 18.6 Å². The minimum Gasteiger partial charge on any atom is -0.494 e. The zero-order chi connectivity index (χ0) is 12.7. The Labute approximate surface area is 102 Å². The Kier molecular flexibility index (Phi) is 5.33. The van der Waals surface area contributed by atoms with Gasteiger partial charge < -0.3 is 14.8 Å². The van der Waals surface area contributed by atoms with E-state index in [4.69, 9.17) is 9.47 Å². The average Bonchev–Trinajstić information content (AvgIpc) is 2.28. The Balaban J connectivity index is 2.39. The molecule has 0 saturated carbocycles. The van der Waals surface area contributed by atoms with E-state index >= 15 is 0 Å². The summed E-state index contributed by atoms with van der Waals surface area (Å²) in [6.07, 6.45) is -0.0790. The molecule has 0 aliphatic heterocycles. The van der Waals surface area contributed by atoms with Gasteiger partial charge in [-0.2, -0.15) is 0 Å². The van der Waals surface area contributed by atoms with Crippen molar-refractivity contribution in [1.82, 2.24) is 0 Å². The van der Waals surface area contributed by atoms with Gasteiger partial charge in [-0.25, -0.2) is 0 Å². The smallest absolute Gasteiger partial charge is 0.325 e. The lowest BCUT2D eigenvalue weighted by Gasteiger charge is -2.10. The molecule has 0 aromatic heterocycles. The third-order valence-corrected chi connectivity index (χ3v) is 1.97. The van der Waals surface area contributed by atoms with Crippen LogP contribution in [0.4, 0.5) is 5.69 Å². The van der Waals surface area contributed by atoms with E-state index in [1.165, 1.54) is 0 Å². The van der Waals surface area contributed by atoms with Crippen LogP contribution in [0.5, 0.6) is 5.75 Å². The van der Waals surface area contributed by atoms with E-state index < -0.39 is 0 Å². The van der Waals surface area contributed by atoms with Crippen LogP contribution in [0.15, 0.2) is 24.3 Å². The molecule has 1 aromatic carbocycles. The Bertz CT molecular complexity index is 346. The standard InChI is InChI=1S/C13H19NO3/c1-4-16-12-7-5-11(6-8-12)14-9-13(15)17-10(2)3/h5-8,10,14H,4,9H2,1-3H3. The summed E-state index contributed by atoms with van der Waals surface area (Å²) in [7, 11) is 0. The first-order valence-corrected chi connectivity index (χ1v) is 5.78. The van der Waals surface area contributed by atoms with Gasteiger partial charge in [-0.1, -0.05) is 0 Å². The number of carbonyl (C=O) groups excluding carboxylic acids is 1. The summed E-state index contributed by atoms with van der Waals surface area (Å²) < 4.78 is 10.3. The van der Waals surface area contributed by atoms with E-state index in [1.807, 2.05) is 45.0 Å². The molecule has 17 heavy (non-hydrogen) atoms. The third-order valence-electron chi connectivity index (χ3n) is 1.97. The van der Waals surface area contributed by atoms with Crippen molar-refractivity contribution < 1.29 is 14.3 Å². The number of esters is 1. The molecule has 4 heteroatoms. The number of anilines is 1. The van der Waals surface area contributed by atoms with Crippen LogP contribution in [-0.2, 0) is 9.53 Å². The second kappa shape index (κ2) is 6.78. The molecular formula is C13H19NO3. The van der Waals surface area contributed by atoms with Crippen molar-refractivity contribution >= 4 is 11.7 Å². The van der Waals surface area contributed by atoms with Crippen LogP contribution in [0.3, 0.4) is 0 Å². The van der Waals surface area contributed by atoms with Crippen LogP contribution >= 0.6 is 0 Å². The number of carbonyl (C=O) groups is 1. The van der Waals surface area contributed by atoms with Crippen molar-refractivity contribution in [1.29, 1.82) is 0 Å². The van der Waals surface area contributed by atoms with Crippen molar-refractivity contribution in [2.45, 2.75) is 26.9 Å². The number of hydrogen-bond acceptors (Lipinski definition) is 4. The van der Waals surface area contributed by atoms with Gasteiger partial charge in [0.1, 0.15) is 12.3 Å². The van der Waals surface area contributed by atoms with E-state index in [9.17, 15) is 4.79 Å². The van der Waals surface area contributed by atoms with Crippen molar-refractivity contribution in [2.75, 3.05) is 18.5 Å². The largest absolute Gasteiger partial charge is 0.494 e. The molecule has 0 saturated heterocycles. The number of rotatable bonds is 6. The van der Waals surface area contributed by atoms with Gasteiger partial charge >= 0.3 is 5.97 Å². The topological polar surface area (TPSA) is 47.6 Å². The Hall–Kier alpha value is -1.71. The molecule has 0 amide bonds. The number of ether oxygens (including phenoxy) is 2. The number of benzene rings is 1. The maximum Gasteiger partial charge on any atom is 0.325 e. The summed E-state index contributed by atoms with van der Waals surface area (Å²) in [5.41, 5.74) is 0.870. The van der Waals surface area contributed by atoms with Crippen LogP contribution in [0.1, 0.15) is 20.8 Å². The summed E-state index contributed by atoms with van der Waals surface area (Å²) in [4.78, 5) is 11.3. The van der Waals surface area contributed by atoms with Crippen LogP contribution in [-0.4, -0.2) is 25.2 Å². The molecule has 1 rings (SSSR count). The zero-order valence-corrected chi connectivity index (χ0v) is 10.5. The van der Waals surface area contributed by atoms with Crippen molar-refractivity contribution in [3.63, 3.8) is 0 Å². The van der Waals surface area contributed by atoms with Crippen molar-refractivity contribution in [3.05, 3.63) is 24.3 Å². The van der Waals surface area contributed by atoms with Gasteiger partial charge in [0.2, 0.25) is 0 Å². The highest BCUT2D eigenvalue weighted by Crippen LogP contribution is 2.15. The van der Waals surface area contributed by atoms with Gasteiger partial charge in [-0.05, 0) is 45.0 Å². The molecular weight excluding hydrogens is 218 g/mol. The van der Waals surface area contributed by atoms with Crippen molar-refractivity contribution in [3.8, 4) is 5.75 Å². The summed E-state index contributed by atoms with van der Waals surface area (Å²) in [5.74, 6) is 0.566. The highest BCUT2D eigenvalue weighted by Gasteiger charge is 2.04. The minimum atomic E-state index is -0.256. The predicted molar refractivity (Wildman–Crippen MR) is 67.3 cm³/mol. The number of nitrogens with one attached hydrogen (secondary N) is 1. The molecule has 0 bridgehead atoms. The second-order valence-corrected chi connectivity index (χ2v) is 3.85. The fourth-order valence-corrected chi connectivity index (χ4v) is 1.31. The molecule has 0 aliphatic rings. The highest BCUT2D eigenvalue weighted by molar-refractivity contribution is 5.75. The first-order valence-electron chi connectivity index (χ1n) is 5.78. The Morgan fingerprint density at radius 3 is 2.47 bits per heavy atom. The molecule has 0 aliphatic carbocycles. The maximum absolute atomic E-state index is 11.3. The van der Waals surface area contributed by atoms with Gasteiger partial charge in [0.25, 0.3) is 0 Å². The SMILES string of the molecule is CCOc1ccc(NCC(=O)OC(C)C)cc1. The van der Waals surface area contributed by atoms with Crippen LogP contribution in [0.25, 0.3) is 0 Å². The quantitative estimate of drug-likeness (QED) is 0.772. The molecule has 4 nitrogen and oxygen atoms in total. The monoisotopic (exact) mass is 237 g/mol. The van der Waals surface area contributed by atoms with Gasteiger partial charge in [-0.3, -0.25) is 4.79 Å². The normalized spacial score (nSPS) is 10.1. The minimum absolute atomic E-state index is 0.0790. The molecule has 0 spiro atoms. The third kappa shape index (κ3) is 5.24. The van der Waals surface area contributed by atoms with E-state index in [0.717, 1.165) is 11.4 Å². The Morgan fingerprint density at radius 2 is 1.94 bits per heavy atom. The summed E-state index contributed by atoms with van der Waals surface area (Å²) >= 11 is 0. The van der Waals surface area contributed by atoms with Gasteiger partial charge in [0, 0.05) is 5.69 Å². The van der Waals surface area contributed by atoms with E-state index in [1.54, 1.807) is 0 Å². The fraction of sp³-hybridized carbons (Fsp3) is 0.462. The molecule has 0 heterocycles.